The number of aliphatic hydroxyl groups is 1. The molecule has 1 fully saturated rings. The SMILES string of the molecule is CCCOc1ccc(/C(O)=C2\C(=O)C(=O)N(Cc3cccnc3)C2c2ccc(C(C)(C)C)cc2)c(C)c1. The molecule has 192 valence electrons. The van der Waals surface area contributed by atoms with E-state index in [-0.39, 0.29) is 23.3 Å². The van der Waals surface area contributed by atoms with Gasteiger partial charge < -0.3 is 14.7 Å². The lowest BCUT2D eigenvalue weighted by molar-refractivity contribution is -0.140. The van der Waals surface area contributed by atoms with E-state index in [1.165, 1.54) is 4.90 Å². The number of rotatable bonds is 7. The highest BCUT2D eigenvalue weighted by Gasteiger charge is 2.46. The molecule has 0 spiro atoms. The molecule has 1 N–H and O–H groups in total. The smallest absolute Gasteiger partial charge is 0.295 e. The van der Waals surface area contributed by atoms with Crippen LogP contribution in [0.4, 0.5) is 0 Å². The molecule has 1 aliphatic rings. The third-order valence-corrected chi connectivity index (χ3v) is 6.63. The number of hydrogen-bond donors (Lipinski definition) is 1. The second-order valence-electron chi connectivity index (χ2n) is 10.5. The van der Waals surface area contributed by atoms with Crippen molar-refractivity contribution >= 4 is 17.4 Å². The van der Waals surface area contributed by atoms with Crippen molar-refractivity contribution in [2.24, 2.45) is 0 Å². The quantitative estimate of drug-likeness (QED) is 0.242. The van der Waals surface area contributed by atoms with E-state index >= 15 is 0 Å². The summed E-state index contributed by atoms with van der Waals surface area (Å²) in [5, 5.41) is 11.5. The number of carbonyl (C=O) groups is 2. The lowest BCUT2D eigenvalue weighted by Gasteiger charge is -2.26. The summed E-state index contributed by atoms with van der Waals surface area (Å²) in [7, 11) is 0. The largest absolute Gasteiger partial charge is 0.507 e. The molecule has 0 saturated carbocycles. The molecule has 1 aliphatic heterocycles. The van der Waals surface area contributed by atoms with Gasteiger partial charge in [-0.25, -0.2) is 0 Å². The van der Waals surface area contributed by atoms with Crippen LogP contribution in [0.15, 0.2) is 72.6 Å². The molecular weight excluding hydrogens is 464 g/mol. The number of aliphatic hydroxyl groups excluding tert-OH is 1. The molecule has 0 bridgehead atoms. The Balaban J connectivity index is 1.83. The van der Waals surface area contributed by atoms with Crippen LogP contribution in [-0.2, 0) is 21.5 Å². The first-order chi connectivity index (χ1) is 17.6. The summed E-state index contributed by atoms with van der Waals surface area (Å²) in [4.78, 5) is 32.4. The molecule has 3 aromatic rings. The number of pyridine rings is 1. The predicted molar refractivity (Wildman–Crippen MR) is 144 cm³/mol. The number of aryl methyl sites for hydroxylation is 1. The number of hydrogen-bond acceptors (Lipinski definition) is 5. The first kappa shape index (κ1) is 26.1. The van der Waals surface area contributed by atoms with Crippen LogP contribution in [0.3, 0.4) is 0 Å². The third kappa shape index (κ3) is 5.43. The normalized spacial score (nSPS) is 17.3. The number of nitrogens with zero attached hydrogens (tertiary/aromatic N) is 2. The van der Waals surface area contributed by atoms with Gasteiger partial charge >= 0.3 is 0 Å². The Morgan fingerprint density at radius 2 is 1.81 bits per heavy atom. The van der Waals surface area contributed by atoms with E-state index in [1.807, 2.05) is 50.2 Å². The van der Waals surface area contributed by atoms with Gasteiger partial charge in [-0.2, -0.15) is 0 Å². The van der Waals surface area contributed by atoms with Gasteiger partial charge in [0, 0.05) is 24.5 Å². The Bertz CT molecular complexity index is 1320. The van der Waals surface area contributed by atoms with E-state index in [2.05, 4.69) is 25.8 Å². The number of Topliss-reactive ketones (excluding diaryl/α,β-unsaturated/α-hetero) is 1. The van der Waals surface area contributed by atoms with Gasteiger partial charge in [-0.1, -0.05) is 58.0 Å². The Morgan fingerprint density at radius 3 is 2.41 bits per heavy atom. The van der Waals surface area contributed by atoms with Gasteiger partial charge in [-0.05, 0) is 65.3 Å². The van der Waals surface area contributed by atoms with Crippen molar-refractivity contribution in [1.29, 1.82) is 0 Å². The number of amides is 1. The number of carbonyl (C=O) groups excluding carboxylic acids is 2. The van der Waals surface area contributed by atoms with Gasteiger partial charge in [0.2, 0.25) is 0 Å². The van der Waals surface area contributed by atoms with Gasteiger partial charge in [-0.15, -0.1) is 0 Å². The molecule has 1 atom stereocenters. The van der Waals surface area contributed by atoms with Crippen LogP contribution in [0.25, 0.3) is 5.76 Å². The second kappa shape index (κ2) is 10.6. The third-order valence-electron chi connectivity index (χ3n) is 6.63. The summed E-state index contributed by atoms with van der Waals surface area (Å²) in [5.41, 5.74) is 3.99. The zero-order valence-corrected chi connectivity index (χ0v) is 22.1. The van der Waals surface area contributed by atoms with Gasteiger partial charge in [-0.3, -0.25) is 14.6 Å². The van der Waals surface area contributed by atoms with Gasteiger partial charge in [0.05, 0.1) is 18.2 Å². The number of likely N-dealkylation sites (tertiary alicyclic amines) is 1. The summed E-state index contributed by atoms with van der Waals surface area (Å²) < 4.78 is 5.71. The molecule has 1 unspecified atom stereocenters. The van der Waals surface area contributed by atoms with Crippen LogP contribution in [0.2, 0.25) is 0 Å². The topological polar surface area (TPSA) is 79.7 Å². The van der Waals surface area contributed by atoms with Crippen molar-refractivity contribution in [1.82, 2.24) is 9.88 Å². The monoisotopic (exact) mass is 498 g/mol. The molecule has 6 nitrogen and oxygen atoms in total. The fourth-order valence-electron chi connectivity index (χ4n) is 4.60. The molecule has 0 radical (unpaired) electrons. The molecule has 4 rings (SSSR count). The van der Waals surface area contributed by atoms with Gasteiger partial charge in [0.1, 0.15) is 11.5 Å². The highest BCUT2D eigenvalue weighted by Crippen LogP contribution is 2.41. The minimum absolute atomic E-state index is 0.0469. The van der Waals surface area contributed by atoms with Crippen molar-refractivity contribution in [2.45, 2.75) is 59.0 Å². The fraction of sp³-hybridized carbons (Fsp3) is 0.323. The minimum Gasteiger partial charge on any atom is -0.507 e. The first-order valence-corrected chi connectivity index (χ1v) is 12.6. The molecule has 0 aliphatic carbocycles. The summed E-state index contributed by atoms with van der Waals surface area (Å²) >= 11 is 0. The van der Waals surface area contributed by atoms with Crippen molar-refractivity contribution < 1.29 is 19.4 Å². The summed E-state index contributed by atoms with van der Waals surface area (Å²) in [6.45, 7) is 11.1. The number of ketones is 1. The lowest BCUT2D eigenvalue weighted by atomic mass is 9.85. The highest BCUT2D eigenvalue weighted by atomic mass is 16.5. The Hall–Kier alpha value is -3.93. The maximum atomic E-state index is 13.4. The van der Waals surface area contributed by atoms with Crippen LogP contribution in [-0.4, -0.2) is 33.3 Å². The molecule has 2 heterocycles. The molecule has 2 aromatic carbocycles. The molecule has 37 heavy (non-hydrogen) atoms. The van der Waals surface area contributed by atoms with Crippen molar-refractivity contribution in [2.75, 3.05) is 6.61 Å². The maximum Gasteiger partial charge on any atom is 0.295 e. The van der Waals surface area contributed by atoms with E-state index in [1.54, 1.807) is 30.6 Å². The Kier molecular flexibility index (Phi) is 7.48. The standard InChI is InChI=1S/C31H34N2O4/c1-6-16-37-24-13-14-25(20(2)17-24)28(34)26-27(22-9-11-23(12-10-22)31(3,4)5)33(30(36)29(26)35)19-21-8-7-15-32-18-21/h7-15,17-18,27,34H,6,16,19H2,1-5H3/b28-26+. The van der Waals surface area contributed by atoms with Crippen LogP contribution >= 0.6 is 0 Å². The molecule has 1 saturated heterocycles. The average Bonchev–Trinajstić information content (AvgIpc) is 3.12. The van der Waals surface area contributed by atoms with Crippen molar-refractivity contribution in [3.63, 3.8) is 0 Å². The highest BCUT2D eigenvalue weighted by molar-refractivity contribution is 6.46. The molecule has 1 amide bonds. The second-order valence-corrected chi connectivity index (χ2v) is 10.5. The van der Waals surface area contributed by atoms with Crippen LogP contribution in [0.1, 0.15) is 68.0 Å². The zero-order valence-electron chi connectivity index (χ0n) is 22.1. The van der Waals surface area contributed by atoms with E-state index in [0.717, 1.165) is 28.7 Å². The minimum atomic E-state index is -0.732. The molecule has 1 aromatic heterocycles. The molecular formula is C31H34N2O4. The lowest BCUT2D eigenvalue weighted by Crippen LogP contribution is -2.29. The zero-order chi connectivity index (χ0) is 26.7. The maximum absolute atomic E-state index is 13.4. The van der Waals surface area contributed by atoms with Crippen LogP contribution in [0.5, 0.6) is 5.75 Å². The Morgan fingerprint density at radius 1 is 1.08 bits per heavy atom. The van der Waals surface area contributed by atoms with Crippen LogP contribution < -0.4 is 4.74 Å². The van der Waals surface area contributed by atoms with E-state index in [4.69, 9.17) is 4.74 Å². The number of benzene rings is 2. The molecule has 6 heteroatoms. The van der Waals surface area contributed by atoms with Crippen LogP contribution in [0, 0.1) is 6.92 Å². The number of aromatic nitrogens is 1. The fourth-order valence-corrected chi connectivity index (χ4v) is 4.60. The van der Waals surface area contributed by atoms with Crippen molar-refractivity contribution in [3.05, 3.63) is 100 Å². The van der Waals surface area contributed by atoms with Gasteiger partial charge in [0.25, 0.3) is 11.7 Å². The predicted octanol–water partition coefficient (Wildman–Crippen LogP) is 6.10. The summed E-state index contributed by atoms with van der Waals surface area (Å²) in [5.74, 6) is -0.827. The first-order valence-electron chi connectivity index (χ1n) is 12.6. The number of ether oxygens (including phenoxy) is 1. The summed E-state index contributed by atoms with van der Waals surface area (Å²) in [6.07, 6.45) is 4.23. The Labute approximate surface area is 218 Å². The van der Waals surface area contributed by atoms with Crippen molar-refractivity contribution in [3.8, 4) is 5.75 Å². The van der Waals surface area contributed by atoms with E-state index in [0.29, 0.717) is 17.9 Å². The van der Waals surface area contributed by atoms with Gasteiger partial charge in [0.15, 0.2) is 0 Å². The van der Waals surface area contributed by atoms with E-state index in [9.17, 15) is 14.7 Å². The summed E-state index contributed by atoms with van der Waals surface area (Å²) in [6, 6.07) is 16.2. The van der Waals surface area contributed by atoms with E-state index < -0.39 is 17.7 Å². The average molecular weight is 499 g/mol.